The van der Waals surface area contributed by atoms with E-state index < -0.39 is 4.92 Å². The topological polar surface area (TPSA) is 122 Å². The summed E-state index contributed by atoms with van der Waals surface area (Å²) in [5.74, 6) is 1.49. The van der Waals surface area contributed by atoms with E-state index in [1.54, 1.807) is 36.4 Å². The second-order valence-corrected chi connectivity index (χ2v) is 12.2. The second-order valence-electron chi connectivity index (χ2n) is 9.67. The van der Waals surface area contributed by atoms with Gasteiger partial charge in [0.15, 0.2) is 17.3 Å². The van der Waals surface area contributed by atoms with Crippen molar-refractivity contribution in [2.45, 2.75) is 13.5 Å². The molecule has 0 radical (unpaired) electrons. The van der Waals surface area contributed by atoms with Crippen molar-refractivity contribution >= 4 is 81.6 Å². The summed E-state index contributed by atoms with van der Waals surface area (Å²) in [6.07, 6.45) is 1.53. The first kappa shape index (κ1) is 30.7. The summed E-state index contributed by atoms with van der Waals surface area (Å²) in [6, 6.07) is 22.4. The van der Waals surface area contributed by atoms with Crippen LogP contribution in [0.4, 0.5) is 5.69 Å². The van der Waals surface area contributed by atoms with Crippen LogP contribution in [0.3, 0.4) is 0 Å². The number of fused-ring (bicyclic) bond motifs is 2. The van der Waals surface area contributed by atoms with Crippen LogP contribution in [-0.2, 0) is 6.61 Å². The Morgan fingerprint density at radius 3 is 2.53 bits per heavy atom. The van der Waals surface area contributed by atoms with Crippen molar-refractivity contribution in [3.05, 3.63) is 124 Å². The van der Waals surface area contributed by atoms with Gasteiger partial charge in [-0.2, -0.15) is 9.78 Å². The van der Waals surface area contributed by atoms with Crippen molar-refractivity contribution in [3.8, 4) is 23.1 Å². The van der Waals surface area contributed by atoms with Crippen molar-refractivity contribution in [2.75, 3.05) is 6.61 Å². The largest absolute Gasteiger partial charge is 0.490 e. The Morgan fingerprint density at radius 1 is 1.00 bits per heavy atom. The fraction of sp³-hybridized carbons (Fsp3) is 0.0938. The van der Waals surface area contributed by atoms with Crippen molar-refractivity contribution in [2.24, 2.45) is 5.10 Å². The Morgan fingerprint density at radius 2 is 1.78 bits per heavy atom. The van der Waals surface area contributed by atoms with Crippen LogP contribution in [-0.4, -0.2) is 27.4 Å². The van der Waals surface area contributed by atoms with Gasteiger partial charge in [-0.1, -0.05) is 28.1 Å². The van der Waals surface area contributed by atoms with Gasteiger partial charge in [-0.05, 0) is 98.9 Å². The number of para-hydroxylation sites is 1. The quantitative estimate of drug-likeness (QED) is 0.0814. The van der Waals surface area contributed by atoms with Gasteiger partial charge in [0.25, 0.3) is 11.2 Å². The molecule has 45 heavy (non-hydrogen) atoms. The summed E-state index contributed by atoms with van der Waals surface area (Å²) in [6.45, 7) is 2.35. The van der Waals surface area contributed by atoms with E-state index in [-0.39, 0.29) is 23.7 Å². The van der Waals surface area contributed by atoms with E-state index in [0.717, 1.165) is 15.4 Å². The van der Waals surface area contributed by atoms with Crippen LogP contribution in [0.5, 0.6) is 11.5 Å². The predicted octanol–water partition coefficient (Wildman–Crippen LogP) is 8.87. The van der Waals surface area contributed by atoms with Gasteiger partial charge in [-0.25, -0.2) is 4.98 Å². The fourth-order valence-corrected chi connectivity index (χ4v) is 5.91. The maximum absolute atomic E-state index is 13.7. The molecule has 0 atom stereocenters. The molecule has 0 unspecified atom stereocenters. The maximum Gasteiger partial charge on any atom is 0.282 e. The summed E-state index contributed by atoms with van der Waals surface area (Å²) in [7, 11) is 0. The van der Waals surface area contributed by atoms with Crippen molar-refractivity contribution in [1.82, 2.24) is 9.66 Å². The standard InChI is InChI=1S/C32H21Br3N4O6/c1-2-43-26-15-20(28(34)29(35)30(26)44-17-18-7-10-22(11-8-18)39(41)42)16-36-38-31(37-24-6-4-3-5-23(24)32(38)40)27-14-19-13-21(33)9-12-25(19)45-27/h3-16H,2,17H2,1H3. The van der Waals surface area contributed by atoms with E-state index in [1.807, 2.05) is 37.3 Å². The molecule has 2 aromatic heterocycles. The average molecular weight is 797 g/mol. The van der Waals surface area contributed by atoms with Crippen LogP contribution in [0.1, 0.15) is 18.1 Å². The summed E-state index contributed by atoms with van der Waals surface area (Å²) in [4.78, 5) is 29.0. The third kappa shape index (κ3) is 6.28. The minimum atomic E-state index is -0.452. The van der Waals surface area contributed by atoms with E-state index in [4.69, 9.17) is 18.9 Å². The molecular weight excluding hydrogens is 776 g/mol. The van der Waals surface area contributed by atoms with Gasteiger partial charge >= 0.3 is 0 Å². The van der Waals surface area contributed by atoms with Crippen LogP contribution in [0.2, 0.25) is 0 Å². The van der Waals surface area contributed by atoms with Crippen LogP contribution in [0, 0.1) is 10.1 Å². The van der Waals surface area contributed by atoms with E-state index in [2.05, 4.69) is 52.9 Å². The van der Waals surface area contributed by atoms with Gasteiger partial charge in [0.2, 0.25) is 5.82 Å². The monoisotopic (exact) mass is 794 g/mol. The van der Waals surface area contributed by atoms with Crippen molar-refractivity contribution < 1.29 is 18.8 Å². The highest BCUT2D eigenvalue weighted by atomic mass is 79.9. The molecule has 0 saturated carbocycles. The zero-order valence-electron chi connectivity index (χ0n) is 23.4. The maximum atomic E-state index is 13.7. The lowest BCUT2D eigenvalue weighted by Gasteiger charge is -2.16. The smallest absolute Gasteiger partial charge is 0.282 e. The Labute approximate surface area is 280 Å². The van der Waals surface area contributed by atoms with Crippen LogP contribution in [0.15, 0.2) is 107 Å². The lowest BCUT2D eigenvalue weighted by molar-refractivity contribution is -0.384. The average Bonchev–Trinajstić information content (AvgIpc) is 3.46. The third-order valence-electron chi connectivity index (χ3n) is 6.75. The number of nitrogens with zero attached hydrogens (tertiary/aromatic N) is 4. The molecule has 0 aliphatic heterocycles. The number of benzene rings is 4. The van der Waals surface area contributed by atoms with E-state index in [0.29, 0.717) is 54.9 Å². The van der Waals surface area contributed by atoms with Gasteiger partial charge < -0.3 is 13.9 Å². The third-order valence-corrected chi connectivity index (χ3v) is 9.39. The van der Waals surface area contributed by atoms with E-state index in [9.17, 15) is 14.9 Å². The first-order valence-electron chi connectivity index (χ1n) is 13.5. The number of nitro groups is 1. The minimum absolute atomic E-state index is 0.00130. The van der Waals surface area contributed by atoms with Gasteiger partial charge in [0.1, 0.15) is 12.2 Å². The second kappa shape index (κ2) is 13.0. The number of halogens is 3. The summed E-state index contributed by atoms with van der Waals surface area (Å²) in [5, 5.41) is 16.8. The molecule has 0 spiro atoms. The molecular formula is C32H21Br3N4O6. The molecule has 0 aliphatic carbocycles. The van der Waals surface area contributed by atoms with Gasteiger partial charge in [-0.15, -0.1) is 0 Å². The highest BCUT2D eigenvalue weighted by Crippen LogP contribution is 2.43. The van der Waals surface area contributed by atoms with E-state index >= 15 is 0 Å². The molecule has 6 aromatic rings. The molecule has 13 heteroatoms. The number of hydrogen-bond acceptors (Lipinski definition) is 8. The Bertz CT molecular complexity index is 2180. The van der Waals surface area contributed by atoms with Crippen LogP contribution in [0.25, 0.3) is 33.5 Å². The Balaban J connectivity index is 1.40. The molecule has 2 heterocycles. The number of furan rings is 1. The lowest BCUT2D eigenvalue weighted by atomic mass is 10.2. The van der Waals surface area contributed by atoms with Crippen molar-refractivity contribution in [1.29, 1.82) is 0 Å². The summed E-state index contributed by atoms with van der Waals surface area (Å²) < 4.78 is 21.4. The van der Waals surface area contributed by atoms with Gasteiger partial charge in [-0.3, -0.25) is 14.9 Å². The molecule has 0 bridgehead atoms. The summed E-state index contributed by atoms with van der Waals surface area (Å²) in [5.41, 5.74) is 2.12. The van der Waals surface area contributed by atoms with Crippen molar-refractivity contribution in [3.63, 3.8) is 0 Å². The zero-order valence-corrected chi connectivity index (χ0v) is 28.1. The van der Waals surface area contributed by atoms with Gasteiger partial charge in [0.05, 0.1) is 33.1 Å². The predicted molar refractivity (Wildman–Crippen MR) is 182 cm³/mol. The molecule has 0 N–H and O–H groups in total. The summed E-state index contributed by atoms with van der Waals surface area (Å²) >= 11 is 10.7. The number of aromatic nitrogens is 2. The normalized spacial score (nSPS) is 11.5. The molecule has 10 nitrogen and oxygen atoms in total. The number of rotatable bonds is 9. The van der Waals surface area contributed by atoms with Crippen LogP contribution < -0.4 is 15.0 Å². The Kier molecular flexibility index (Phi) is 8.83. The SMILES string of the molecule is CCOc1cc(C=Nn2c(-c3cc4cc(Br)ccc4o3)nc3ccccc3c2=O)c(Br)c(Br)c1OCc1ccc([N+](=O)[O-])cc1. The number of non-ortho nitro benzene ring substituents is 1. The molecule has 0 amide bonds. The molecule has 6 rings (SSSR count). The Hall–Kier alpha value is -4.33. The minimum Gasteiger partial charge on any atom is -0.490 e. The molecule has 0 aliphatic rings. The lowest BCUT2D eigenvalue weighted by Crippen LogP contribution is -2.20. The van der Waals surface area contributed by atoms with Crippen LogP contribution >= 0.6 is 47.8 Å². The van der Waals surface area contributed by atoms with E-state index in [1.165, 1.54) is 23.0 Å². The van der Waals surface area contributed by atoms with Gasteiger partial charge in [0, 0.05) is 32.0 Å². The molecule has 0 fully saturated rings. The molecule has 0 saturated heterocycles. The molecule has 4 aromatic carbocycles. The highest BCUT2D eigenvalue weighted by molar-refractivity contribution is 9.13. The fourth-order valence-electron chi connectivity index (χ4n) is 4.60. The zero-order chi connectivity index (χ0) is 31.7. The highest BCUT2D eigenvalue weighted by Gasteiger charge is 2.20. The number of nitro benzene ring substituents is 1. The first-order chi connectivity index (χ1) is 21.7. The molecule has 226 valence electrons. The number of ether oxygens (including phenoxy) is 2. The first-order valence-corrected chi connectivity index (χ1v) is 15.9. The number of hydrogen-bond donors (Lipinski definition) is 0.